The van der Waals surface area contributed by atoms with E-state index in [-0.39, 0.29) is 17.3 Å². The van der Waals surface area contributed by atoms with E-state index >= 15 is 0 Å². The molecule has 1 aliphatic rings. The normalized spacial score (nSPS) is 15.8. The molecule has 168 valence electrons. The largest absolute Gasteiger partial charge is 0.493 e. The van der Waals surface area contributed by atoms with Crippen LogP contribution in [0.4, 0.5) is 9.18 Å². The Balaban J connectivity index is 1.84. The summed E-state index contributed by atoms with van der Waals surface area (Å²) < 4.78 is 30.0. The van der Waals surface area contributed by atoms with Gasteiger partial charge in [0.2, 0.25) is 0 Å². The van der Waals surface area contributed by atoms with Gasteiger partial charge in [0, 0.05) is 0 Å². The van der Waals surface area contributed by atoms with Crippen LogP contribution < -0.4 is 9.47 Å². The molecule has 0 aliphatic carbocycles. The SMILES string of the molecule is COC(=O)[C@@H](C)N1C(=O)S/C(=C/c2cc(I)c(OCc3cccc(F)c3)c(OC)c2)C1=O. The number of hydrogen-bond donors (Lipinski definition) is 0. The first kappa shape index (κ1) is 24.1. The Morgan fingerprint density at radius 1 is 1.25 bits per heavy atom. The molecule has 10 heteroatoms. The van der Waals surface area contributed by atoms with Crippen molar-refractivity contribution in [3.8, 4) is 11.5 Å². The topological polar surface area (TPSA) is 82.1 Å². The smallest absolute Gasteiger partial charge is 0.328 e. The first-order valence-corrected chi connectivity index (χ1v) is 11.2. The summed E-state index contributed by atoms with van der Waals surface area (Å²) in [5, 5.41) is -0.546. The number of ether oxygens (including phenoxy) is 3. The monoisotopic (exact) mass is 571 g/mol. The Kier molecular flexibility index (Phi) is 7.77. The van der Waals surface area contributed by atoms with Gasteiger partial charge in [0.1, 0.15) is 18.5 Å². The van der Waals surface area contributed by atoms with E-state index in [1.807, 2.05) is 0 Å². The number of nitrogens with zero attached hydrogens (tertiary/aromatic N) is 1. The number of halogens is 2. The molecule has 2 aromatic rings. The molecule has 1 atom stereocenters. The number of benzene rings is 2. The second kappa shape index (κ2) is 10.3. The molecule has 1 fully saturated rings. The van der Waals surface area contributed by atoms with Gasteiger partial charge >= 0.3 is 5.97 Å². The zero-order valence-corrected chi connectivity index (χ0v) is 20.4. The molecule has 0 bridgehead atoms. The summed E-state index contributed by atoms with van der Waals surface area (Å²) in [6.45, 7) is 1.58. The molecule has 3 rings (SSSR count). The third-order valence-electron chi connectivity index (χ3n) is 4.57. The van der Waals surface area contributed by atoms with Crippen molar-refractivity contribution in [2.45, 2.75) is 19.6 Å². The molecule has 1 heterocycles. The summed E-state index contributed by atoms with van der Waals surface area (Å²) >= 11 is 2.82. The lowest BCUT2D eigenvalue weighted by Crippen LogP contribution is -2.42. The third kappa shape index (κ3) is 5.23. The molecule has 7 nitrogen and oxygen atoms in total. The summed E-state index contributed by atoms with van der Waals surface area (Å²) in [5.74, 6) is -0.704. The van der Waals surface area contributed by atoms with Crippen LogP contribution >= 0.6 is 34.4 Å². The van der Waals surface area contributed by atoms with Gasteiger partial charge in [-0.15, -0.1) is 0 Å². The second-order valence-electron chi connectivity index (χ2n) is 6.70. The fraction of sp³-hybridized carbons (Fsp3) is 0.227. The van der Waals surface area contributed by atoms with Crippen LogP contribution in [0.1, 0.15) is 18.1 Å². The standard InChI is InChI=1S/C22H19FINO6S/c1-12(21(27)30-3)25-20(26)18(32-22(25)28)10-14-8-16(24)19(17(9-14)29-2)31-11-13-5-4-6-15(23)7-13/h4-10,12H,11H2,1-3H3/b18-10+/t12-/m1/s1. The van der Waals surface area contributed by atoms with Gasteiger partial charge in [-0.25, -0.2) is 9.18 Å². The van der Waals surface area contributed by atoms with Gasteiger partial charge in [-0.2, -0.15) is 0 Å². The third-order valence-corrected chi connectivity index (χ3v) is 6.26. The maximum Gasteiger partial charge on any atom is 0.328 e. The number of imide groups is 1. The number of hydrogen-bond acceptors (Lipinski definition) is 7. The fourth-order valence-electron chi connectivity index (χ4n) is 2.99. The molecule has 0 unspecified atom stereocenters. The fourth-order valence-corrected chi connectivity index (χ4v) is 4.68. The maximum atomic E-state index is 13.4. The number of thioether (sulfide) groups is 1. The molecule has 0 radical (unpaired) electrons. The summed E-state index contributed by atoms with van der Waals surface area (Å²) in [6, 6.07) is 8.51. The molecule has 1 saturated heterocycles. The average molecular weight is 571 g/mol. The zero-order valence-electron chi connectivity index (χ0n) is 17.4. The van der Waals surface area contributed by atoms with Gasteiger partial charge in [-0.1, -0.05) is 12.1 Å². The Hall–Kier alpha value is -2.60. The highest BCUT2D eigenvalue weighted by atomic mass is 127. The van der Waals surface area contributed by atoms with Crippen molar-refractivity contribution in [2.24, 2.45) is 0 Å². The molecule has 0 aromatic heterocycles. The summed E-state index contributed by atoms with van der Waals surface area (Å²) in [4.78, 5) is 37.8. The van der Waals surface area contributed by atoms with Crippen LogP contribution in [-0.4, -0.2) is 42.3 Å². The predicted molar refractivity (Wildman–Crippen MR) is 126 cm³/mol. The minimum atomic E-state index is -1.02. The maximum absolute atomic E-state index is 13.4. The minimum Gasteiger partial charge on any atom is -0.493 e. The molecule has 2 aromatic carbocycles. The predicted octanol–water partition coefficient (Wildman–Crippen LogP) is 4.62. The zero-order chi connectivity index (χ0) is 23.4. The van der Waals surface area contributed by atoms with E-state index in [0.29, 0.717) is 26.2 Å². The van der Waals surface area contributed by atoms with Gasteiger partial charge < -0.3 is 14.2 Å². The lowest BCUT2D eigenvalue weighted by atomic mass is 10.1. The highest BCUT2D eigenvalue weighted by molar-refractivity contribution is 14.1. The molecule has 1 aliphatic heterocycles. The molecular formula is C22H19FINO6S. The van der Waals surface area contributed by atoms with Gasteiger partial charge in [-0.05, 0) is 82.7 Å². The highest BCUT2D eigenvalue weighted by Gasteiger charge is 2.41. The van der Waals surface area contributed by atoms with Crippen molar-refractivity contribution < 1.29 is 33.0 Å². The molecule has 2 amide bonds. The van der Waals surface area contributed by atoms with Crippen molar-refractivity contribution in [1.29, 1.82) is 0 Å². The summed E-state index contributed by atoms with van der Waals surface area (Å²) in [5.41, 5.74) is 1.28. The highest BCUT2D eigenvalue weighted by Crippen LogP contribution is 2.38. The number of rotatable bonds is 7. The van der Waals surface area contributed by atoms with Crippen LogP contribution in [0.15, 0.2) is 41.3 Å². The quantitative estimate of drug-likeness (QED) is 0.273. The van der Waals surface area contributed by atoms with E-state index in [4.69, 9.17) is 9.47 Å². The van der Waals surface area contributed by atoms with Crippen LogP contribution in [-0.2, 0) is 20.9 Å². The number of carbonyl (C=O) groups excluding carboxylic acids is 3. The number of esters is 1. The van der Waals surface area contributed by atoms with Crippen molar-refractivity contribution in [2.75, 3.05) is 14.2 Å². The van der Waals surface area contributed by atoms with E-state index in [0.717, 1.165) is 16.7 Å². The lowest BCUT2D eigenvalue weighted by Gasteiger charge is -2.18. The Labute approximate surface area is 202 Å². The van der Waals surface area contributed by atoms with Crippen molar-refractivity contribution in [3.63, 3.8) is 0 Å². The minimum absolute atomic E-state index is 0.147. The molecule has 0 N–H and O–H groups in total. The molecular weight excluding hydrogens is 552 g/mol. The Morgan fingerprint density at radius 2 is 2.00 bits per heavy atom. The number of carbonyl (C=O) groups is 3. The van der Waals surface area contributed by atoms with E-state index < -0.39 is 23.2 Å². The lowest BCUT2D eigenvalue weighted by molar-refractivity contribution is -0.148. The van der Waals surface area contributed by atoms with Crippen LogP contribution in [0.5, 0.6) is 11.5 Å². The first-order valence-electron chi connectivity index (χ1n) is 9.34. The Morgan fingerprint density at radius 3 is 2.66 bits per heavy atom. The van der Waals surface area contributed by atoms with E-state index in [9.17, 15) is 18.8 Å². The average Bonchev–Trinajstić information content (AvgIpc) is 3.04. The summed E-state index contributed by atoms with van der Waals surface area (Å²) in [7, 11) is 2.68. The Bertz CT molecular complexity index is 1110. The first-order chi connectivity index (χ1) is 15.2. The van der Waals surface area contributed by atoms with Crippen molar-refractivity contribution >= 4 is 57.5 Å². The molecule has 0 saturated carbocycles. The molecule has 0 spiro atoms. The van der Waals surface area contributed by atoms with Crippen LogP contribution in [0.2, 0.25) is 0 Å². The number of methoxy groups -OCH3 is 2. The van der Waals surface area contributed by atoms with Crippen LogP contribution in [0.25, 0.3) is 6.08 Å². The van der Waals surface area contributed by atoms with Gasteiger partial charge in [0.25, 0.3) is 11.1 Å². The van der Waals surface area contributed by atoms with Crippen LogP contribution in [0.3, 0.4) is 0 Å². The summed E-state index contributed by atoms with van der Waals surface area (Å²) in [6.07, 6.45) is 1.55. The van der Waals surface area contributed by atoms with Gasteiger partial charge in [0.15, 0.2) is 11.5 Å². The number of amides is 2. The van der Waals surface area contributed by atoms with E-state index in [2.05, 4.69) is 27.3 Å². The van der Waals surface area contributed by atoms with Crippen molar-refractivity contribution in [1.82, 2.24) is 4.90 Å². The van der Waals surface area contributed by atoms with E-state index in [1.165, 1.54) is 33.3 Å². The van der Waals surface area contributed by atoms with Crippen molar-refractivity contribution in [3.05, 3.63) is 61.8 Å². The van der Waals surface area contributed by atoms with Gasteiger partial charge in [-0.3, -0.25) is 14.5 Å². The molecule has 32 heavy (non-hydrogen) atoms. The van der Waals surface area contributed by atoms with Gasteiger partial charge in [0.05, 0.1) is 22.7 Å². The second-order valence-corrected chi connectivity index (χ2v) is 8.86. The van der Waals surface area contributed by atoms with E-state index in [1.54, 1.807) is 30.3 Å². The van der Waals surface area contributed by atoms with Crippen LogP contribution in [0, 0.1) is 9.39 Å².